The molecule has 1 aromatic heterocycles. The van der Waals surface area contributed by atoms with Gasteiger partial charge >= 0.3 is 0 Å². The van der Waals surface area contributed by atoms with Gasteiger partial charge in [0.1, 0.15) is 23.1 Å². The van der Waals surface area contributed by atoms with E-state index in [1.54, 1.807) is 13.3 Å². The summed E-state index contributed by atoms with van der Waals surface area (Å²) in [4.78, 5) is 4.36. The number of fused-ring (bicyclic) bond motifs is 3. The van der Waals surface area contributed by atoms with E-state index in [0.29, 0.717) is 11.3 Å². The number of methoxy groups -OCH3 is 1. The summed E-state index contributed by atoms with van der Waals surface area (Å²) in [7, 11) is 1.62. The van der Waals surface area contributed by atoms with E-state index in [-0.39, 0.29) is 11.8 Å². The second-order valence-corrected chi connectivity index (χ2v) is 5.76. The van der Waals surface area contributed by atoms with Crippen molar-refractivity contribution in [1.82, 2.24) is 4.98 Å². The first kappa shape index (κ1) is 15.0. The molecule has 5 nitrogen and oxygen atoms in total. The number of nitrogens with zero attached hydrogens (tertiary/aromatic N) is 2. The Balaban J connectivity index is 2.00. The summed E-state index contributed by atoms with van der Waals surface area (Å²) < 4.78 is 11.1. The number of hydrogen-bond donors (Lipinski definition) is 1. The standard InChI is InChI=1S/C20H15N3O2/c1-24-13-5-2-4-12(10-13)18-15-7-8-17-14(6-3-9-23-17)19(15)25-20(22)16(18)11-21/h2-10,18H,22H2,1H3. The van der Waals surface area contributed by atoms with Crippen LogP contribution in [0.4, 0.5) is 0 Å². The summed E-state index contributed by atoms with van der Waals surface area (Å²) in [6, 6.07) is 17.5. The van der Waals surface area contributed by atoms with E-state index in [2.05, 4.69) is 11.1 Å². The van der Waals surface area contributed by atoms with Crippen LogP contribution in [0.1, 0.15) is 17.0 Å². The van der Waals surface area contributed by atoms with E-state index >= 15 is 0 Å². The molecule has 1 atom stereocenters. The molecule has 25 heavy (non-hydrogen) atoms. The number of pyridine rings is 1. The van der Waals surface area contributed by atoms with Crippen molar-refractivity contribution in [2.24, 2.45) is 5.73 Å². The first-order chi connectivity index (χ1) is 12.2. The van der Waals surface area contributed by atoms with Crippen molar-refractivity contribution in [1.29, 1.82) is 5.26 Å². The minimum absolute atomic E-state index is 0.124. The fraction of sp³-hybridized carbons (Fsp3) is 0.100. The third-order valence-electron chi connectivity index (χ3n) is 4.39. The van der Waals surface area contributed by atoms with Gasteiger partial charge in [-0.15, -0.1) is 0 Å². The SMILES string of the molecule is COc1cccc(C2C(C#N)=C(N)Oc3c2ccc2ncccc32)c1. The highest BCUT2D eigenvalue weighted by atomic mass is 16.5. The molecule has 0 saturated carbocycles. The summed E-state index contributed by atoms with van der Waals surface area (Å²) in [5, 5.41) is 10.5. The van der Waals surface area contributed by atoms with Crippen LogP contribution in [0.3, 0.4) is 0 Å². The molecule has 0 saturated heterocycles. The van der Waals surface area contributed by atoms with Crippen molar-refractivity contribution in [3.8, 4) is 17.6 Å². The Hall–Kier alpha value is -3.52. The van der Waals surface area contributed by atoms with Gasteiger partial charge in [0.25, 0.3) is 0 Å². The molecule has 5 heteroatoms. The summed E-state index contributed by atoms with van der Waals surface area (Å²) in [6.07, 6.45) is 1.73. The number of aromatic nitrogens is 1. The van der Waals surface area contributed by atoms with Gasteiger partial charge in [-0.1, -0.05) is 18.2 Å². The van der Waals surface area contributed by atoms with Gasteiger partial charge in [0.05, 0.1) is 18.5 Å². The molecule has 0 spiro atoms. The van der Waals surface area contributed by atoms with Gasteiger partial charge < -0.3 is 15.2 Å². The van der Waals surface area contributed by atoms with Crippen LogP contribution in [-0.4, -0.2) is 12.1 Å². The fourth-order valence-electron chi connectivity index (χ4n) is 3.23. The zero-order valence-electron chi connectivity index (χ0n) is 13.6. The molecule has 2 heterocycles. The van der Waals surface area contributed by atoms with Crippen molar-refractivity contribution in [2.45, 2.75) is 5.92 Å². The molecular weight excluding hydrogens is 314 g/mol. The Morgan fingerprint density at radius 2 is 2.08 bits per heavy atom. The van der Waals surface area contributed by atoms with Gasteiger partial charge in [-0.05, 0) is 35.9 Å². The van der Waals surface area contributed by atoms with Crippen molar-refractivity contribution in [3.05, 3.63) is 77.3 Å². The lowest BCUT2D eigenvalue weighted by Gasteiger charge is -2.27. The van der Waals surface area contributed by atoms with Crippen molar-refractivity contribution in [2.75, 3.05) is 7.11 Å². The zero-order chi connectivity index (χ0) is 17.4. The average Bonchev–Trinajstić information content (AvgIpc) is 2.67. The Morgan fingerprint density at radius 1 is 1.20 bits per heavy atom. The molecule has 122 valence electrons. The highest BCUT2D eigenvalue weighted by Crippen LogP contribution is 2.45. The molecule has 3 aromatic rings. The molecule has 0 radical (unpaired) electrons. The van der Waals surface area contributed by atoms with Crippen LogP contribution < -0.4 is 15.2 Å². The molecule has 0 aliphatic carbocycles. The predicted octanol–water partition coefficient (Wildman–Crippen LogP) is 3.46. The van der Waals surface area contributed by atoms with E-state index in [9.17, 15) is 5.26 Å². The summed E-state index contributed by atoms with van der Waals surface area (Å²) in [5.41, 5.74) is 9.10. The minimum Gasteiger partial charge on any atom is -0.497 e. The second-order valence-electron chi connectivity index (χ2n) is 5.76. The van der Waals surface area contributed by atoms with E-state index < -0.39 is 0 Å². The third-order valence-corrected chi connectivity index (χ3v) is 4.39. The summed E-state index contributed by atoms with van der Waals surface area (Å²) in [5.74, 6) is 1.19. The average molecular weight is 329 g/mol. The quantitative estimate of drug-likeness (QED) is 0.778. The molecule has 0 bridgehead atoms. The molecule has 4 rings (SSSR count). The van der Waals surface area contributed by atoms with Crippen LogP contribution in [0, 0.1) is 11.3 Å². The van der Waals surface area contributed by atoms with Crippen LogP contribution in [0.15, 0.2) is 66.2 Å². The molecular formula is C20H15N3O2. The number of hydrogen-bond acceptors (Lipinski definition) is 5. The van der Waals surface area contributed by atoms with Crippen LogP contribution >= 0.6 is 0 Å². The maximum atomic E-state index is 9.65. The van der Waals surface area contributed by atoms with Crippen LogP contribution in [0.5, 0.6) is 11.5 Å². The lowest BCUT2D eigenvalue weighted by atomic mass is 9.83. The third kappa shape index (κ3) is 2.36. The Morgan fingerprint density at radius 3 is 2.88 bits per heavy atom. The van der Waals surface area contributed by atoms with E-state index in [4.69, 9.17) is 15.2 Å². The van der Waals surface area contributed by atoms with Crippen molar-refractivity contribution >= 4 is 10.9 Å². The van der Waals surface area contributed by atoms with Crippen LogP contribution in [0.25, 0.3) is 10.9 Å². The van der Waals surface area contributed by atoms with E-state index in [0.717, 1.165) is 27.8 Å². The summed E-state index contributed by atoms with van der Waals surface area (Å²) in [6.45, 7) is 0. The van der Waals surface area contributed by atoms with Gasteiger partial charge in [-0.2, -0.15) is 5.26 Å². The number of nitrogens with two attached hydrogens (primary N) is 1. The lowest BCUT2D eigenvalue weighted by molar-refractivity contribution is 0.397. The Labute approximate surface area is 144 Å². The van der Waals surface area contributed by atoms with Crippen LogP contribution in [-0.2, 0) is 0 Å². The normalized spacial score (nSPS) is 16.1. The number of nitriles is 1. The number of rotatable bonds is 2. The number of ether oxygens (including phenoxy) is 2. The fourth-order valence-corrected chi connectivity index (χ4v) is 3.23. The van der Waals surface area contributed by atoms with E-state index in [1.165, 1.54) is 0 Å². The summed E-state index contributed by atoms with van der Waals surface area (Å²) >= 11 is 0. The highest BCUT2D eigenvalue weighted by Gasteiger charge is 2.31. The molecule has 1 unspecified atom stereocenters. The highest BCUT2D eigenvalue weighted by molar-refractivity contribution is 5.88. The van der Waals surface area contributed by atoms with Gasteiger partial charge in [0, 0.05) is 17.1 Å². The first-order valence-corrected chi connectivity index (χ1v) is 7.82. The lowest BCUT2D eigenvalue weighted by Crippen LogP contribution is -2.21. The minimum atomic E-state index is -0.312. The molecule has 2 aromatic carbocycles. The van der Waals surface area contributed by atoms with Crippen molar-refractivity contribution in [3.63, 3.8) is 0 Å². The molecule has 0 fully saturated rings. The van der Waals surface area contributed by atoms with Gasteiger partial charge in [0.2, 0.25) is 5.88 Å². The molecule has 2 N–H and O–H groups in total. The molecule has 1 aliphatic heterocycles. The zero-order valence-corrected chi connectivity index (χ0v) is 13.6. The monoisotopic (exact) mass is 329 g/mol. The maximum absolute atomic E-state index is 9.65. The topological polar surface area (TPSA) is 81.2 Å². The van der Waals surface area contributed by atoms with Gasteiger partial charge in [-0.25, -0.2) is 0 Å². The maximum Gasteiger partial charge on any atom is 0.205 e. The second kappa shape index (κ2) is 5.84. The Kier molecular flexibility index (Phi) is 3.51. The van der Waals surface area contributed by atoms with Gasteiger partial charge in [0.15, 0.2) is 0 Å². The van der Waals surface area contributed by atoms with Gasteiger partial charge in [-0.3, -0.25) is 4.98 Å². The predicted molar refractivity (Wildman–Crippen MR) is 94.0 cm³/mol. The number of allylic oxidation sites excluding steroid dienone is 1. The van der Waals surface area contributed by atoms with Crippen molar-refractivity contribution < 1.29 is 9.47 Å². The first-order valence-electron chi connectivity index (χ1n) is 7.82. The van der Waals surface area contributed by atoms with E-state index in [1.807, 2.05) is 48.5 Å². The molecule has 1 aliphatic rings. The molecule has 0 amide bonds. The largest absolute Gasteiger partial charge is 0.497 e. The Bertz CT molecular complexity index is 1050. The smallest absolute Gasteiger partial charge is 0.205 e. The number of benzene rings is 2. The van der Waals surface area contributed by atoms with Crippen LogP contribution in [0.2, 0.25) is 0 Å².